The Morgan fingerprint density at radius 2 is 1.18 bits per heavy atom. The van der Waals surface area contributed by atoms with E-state index < -0.39 is 10.1 Å². The fourth-order valence-electron chi connectivity index (χ4n) is 2.81. The van der Waals surface area contributed by atoms with Crippen molar-refractivity contribution < 1.29 is 18.9 Å². The van der Waals surface area contributed by atoms with Gasteiger partial charge in [0.1, 0.15) is 0 Å². The van der Waals surface area contributed by atoms with Crippen LogP contribution in [0.5, 0.6) is 0 Å². The van der Waals surface area contributed by atoms with Crippen LogP contribution in [0.2, 0.25) is 0 Å². The molecule has 0 aromatic heterocycles. The van der Waals surface area contributed by atoms with E-state index in [4.69, 9.17) is 4.55 Å². The summed E-state index contributed by atoms with van der Waals surface area (Å²) in [5.41, 5.74) is 0. The second-order valence-electron chi connectivity index (χ2n) is 7.20. The first-order valence-electron chi connectivity index (χ1n) is 9.04. The van der Waals surface area contributed by atoms with E-state index in [0.29, 0.717) is 6.42 Å². The normalized spacial score (nSPS) is 12.7. The molecule has 5 heteroatoms. The van der Waals surface area contributed by atoms with Gasteiger partial charge in [-0.15, -0.1) is 0 Å². The molecular weight excluding hydrogens is 298 g/mol. The molecule has 1 N–H and O–H groups in total. The fraction of sp³-hybridized carbons (Fsp3) is 1.00. The molecule has 0 aromatic carbocycles. The summed E-state index contributed by atoms with van der Waals surface area (Å²) in [7, 11) is 0.473. The summed E-state index contributed by atoms with van der Waals surface area (Å²) in [6, 6.07) is 0. The predicted octanol–water partition coefficient (Wildman–Crippen LogP) is 4.37. The molecular formula is C17H39NO3S+2. The molecule has 0 radical (unpaired) electrons. The van der Waals surface area contributed by atoms with Crippen molar-refractivity contribution in [3.8, 4) is 0 Å². The van der Waals surface area contributed by atoms with Crippen molar-refractivity contribution in [1.29, 1.82) is 0 Å². The van der Waals surface area contributed by atoms with Crippen molar-refractivity contribution in [1.82, 2.24) is 0 Å². The highest BCUT2D eigenvalue weighted by atomic mass is 32.2. The molecule has 22 heavy (non-hydrogen) atoms. The van der Waals surface area contributed by atoms with Gasteiger partial charge in [-0.1, -0.05) is 58.3 Å². The summed E-state index contributed by atoms with van der Waals surface area (Å²) in [4.78, 5) is 0. The minimum atomic E-state index is -3.80. The Hall–Kier alpha value is -0.130. The van der Waals surface area contributed by atoms with Crippen molar-refractivity contribution in [2.24, 2.45) is 0 Å². The van der Waals surface area contributed by atoms with Gasteiger partial charge in [-0.2, -0.15) is 8.42 Å². The summed E-state index contributed by atoms with van der Waals surface area (Å²) in [6.45, 7) is 4.14. The highest BCUT2D eigenvalue weighted by Gasteiger charge is 2.15. The van der Waals surface area contributed by atoms with Crippen LogP contribution >= 0.6 is 0 Å². The van der Waals surface area contributed by atoms with E-state index >= 15 is 0 Å². The smallest absolute Gasteiger partial charge is 0.328 e. The van der Waals surface area contributed by atoms with Crippen molar-refractivity contribution in [3.05, 3.63) is 0 Å². The van der Waals surface area contributed by atoms with Crippen LogP contribution in [0.25, 0.3) is 0 Å². The lowest BCUT2D eigenvalue weighted by molar-refractivity contribution is -0.890. The molecule has 0 aliphatic carbocycles. The van der Waals surface area contributed by atoms with Crippen molar-refractivity contribution in [3.63, 3.8) is 0 Å². The molecule has 0 aromatic rings. The summed E-state index contributed by atoms with van der Waals surface area (Å²) in [5, 5.41) is 0. The van der Waals surface area contributed by atoms with E-state index in [1.807, 2.05) is 0 Å². The van der Waals surface area contributed by atoms with Gasteiger partial charge >= 0.3 is 1.43 Å². The van der Waals surface area contributed by atoms with E-state index in [1.54, 1.807) is 0 Å². The van der Waals surface area contributed by atoms with E-state index in [2.05, 4.69) is 21.0 Å². The second-order valence-corrected chi connectivity index (χ2v) is 8.78. The molecule has 4 nitrogen and oxygen atoms in total. The minimum Gasteiger partial charge on any atom is -0.328 e. The number of hydrogen-bond donors (Lipinski definition) is 1. The van der Waals surface area contributed by atoms with Gasteiger partial charge in [0.15, 0.2) is 0 Å². The molecule has 134 valence electrons. The van der Waals surface area contributed by atoms with Gasteiger partial charge in [0.25, 0.3) is 10.1 Å². The van der Waals surface area contributed by atoms with Crippen molar-refractivity contribution in [2.45, 2.75) is 77.6 Å². The molecule has 0 atom stereocenters. The first-order chi connectivity index (χ1) is 10.3. The maximum atomic E-state index is 10.7. The highest BCUT2D eigenvalue weighted by molar-refractivity contribution is 7.85. The minimum absolute atomic E-state index is 0. The molecule has 0 aliphatic heterocycles. The molecule has 0 heterocycles. The first kappa shape index (κ1) is 21.9. The van der Waals surface area contributed by atoms with Crippen LogP contribution < -0.4 is 0 Å². The largest absolute Gasteiger partial charge is 1.00 e. The maximum absolute atomic E-state index is 10.7. The van der Waals surface area contributed by atoms with Gasteiger partial charge in [-0.25, -0.2) is 0 Å². The van der Waals surface area contributed by atoms with Crippen LogP contribution in [0.3, 0.4) is 0 Å². The highest BCUT2D eigenvalue weighted by Crippen LogP contribution is 2.12. The maximum Gasteiger partial charge on any atom is 1.00 e. The third kappa shape index (κ3) is 16.2. The lowest BCUT2D eigenvalue weighted by Crippen LogP contribution is -2.41. The Balaban J connectivity index is 0. The lowest BCUT2D eigenvalue weighted by Gasteiger charge is -2.29. The SMILES string of the molecule is CCCCCCCCCCCC[N+](C)(C)CCCS(=O)(=O)O.[H+]. The van der Waals surface area contributed by atoms with Crippen LogP contribution in [0.1, 0.15) is 79.0 Å². The van der Waals surface area contributed by atoms with Gasteiger partial charge in [0, 0.05) is 6.42 Å². The molecule has 0 rings (SSSR count). The number of unbranched alkanes of at least 4 members (excludes halogenated alkanes) is 9. The lowest BCUT2D eigenvalue weighted by atomic mass is 10.1. The Morgan fingerprint density at radius 1 is 0.773 bits per heavy atom. The molecule has 0 bridgehead atoms. The Morgan fingerprint density at radius 3 is 1.64 bits per heavy atom. The number of hydrogen-bond acceptors (Lipinski definition) is 2. The quantitative estimate of drug-likeness (QED) is 0.274. The second kappa shape index (κ2) is 12.3. The molecule has 0 spiro atoms. The van der Waals surface area contributed by atoms with E-state index in [1.165, 1.54) is 64.2 Å². The van der Waals surface area contributed by atoms with Gasteiger partial charge in [-0.3, -0.25) is 4.55 Å². The van der Waals surface area contributed by atoms with Gasteiger partial charge in [0.2, 0.25) is 0 Å². The molecule has 0 aliphatic rings. The third-order valence-corrected chi connectivity index (χ3v) is 5.09. The van der Waals surface area contributed by atoms with Crippen molar-refractivity contribution in [2.75, 3.05) is 32.9 Å². The molecule has 0 saturated carbocycles. The summed E-state index contributed by atoms with van der Waals surface area (Å²) in [6.07, 6.45) is 13.9. The Labute approximate surface area is 140 Å². The summed E-state index contributed by atoms with van der Waals surface area (Å²) >= 11 is 0. The average Bonchev–Trinajstić information content (AvgIpc) is 2.39. The standard InChI is InChI=1S/C17H37NO3S/c1-4-5-6-7-8-9-10-11-12-13-15-18(2,3)16-14-17-22(19,20)21/h4-17H2,1-3H3/p+2. The zero-order valence-corrected chi connectivity index (χ0v) is 15.8. The third-order valence-electron chi connectivity index (χ3n) is 4.28. The number of nitrogens with zero attached hydrogens (tertiary/aromatic N) is 1. The fourth-order valence-corrected chi connectivity index (χ4v) is 3.31. The van der Waals surface area contributed by atoms with Crippen molar-refractivity contribution >= 4 is 10.1 Å². The van der Waals surface area contributed by atoms with Gasteiger partial charge in [-0.05, 0) is 12.8 Å². The van der Waals surface area contributed by atoms with Crippen LogP contribution in [0.15, 0.2) is 0 Å². The topological polar surface area (TPSA) is 54.4 Å². The average molecular weight is 338 g/mol. The Bertz CT molecular complexity index is 359. The molecule has 0 saturated heterocycles. The molecule has 0 fully saturated rings. The van der Waals surface area contributed by atoms with E-state index in [0.717, 1.165) is 17.6 Å². The van der Waals surface area contributed by atoms with Gasteiger partial charge in [0.05, 0.1) is 32.9 Å². The van der Waals surface area contributed by atoms with Gasteiger partial charge < -0.3 is 4.48 Å². The number of quaternary nitrogens is 1. The number of rotatable bonds is 15. The van der Waals surface area contributed by atoms with Crippen LogP contribution in [-0.2, 0) is 10.1 Å². The zero-order chi connectivity index (χ0) is 16.9. The monoisotopic (exact) mass is 337 g/mol. The molecule has 0 unspecified atom stereocenters. The summed E-state index contributed by atoms with van der Waals surface area (Å²) in [5.74, 6) is -0.118. The molecule has 0 amide bonds. The zero-order valence-electron chi connectivity index (χ0n) is 16.0. The van der Waals surface area contributed by atoms with Crippen LogP contribution in [-0.4, -0.2) is 50.4 Å². The van der Waals surface area contributed by atoms with E-state index in [9.17, 15) is 8.42 Å². The van der Waals surface area contributed by atoms with E-state index in [-0.39, 0.29) is 7.18 Å². The predicted molar refractivity (Wildman–Crippen MR) is 95.8 cm³/mol. The van der Waals surface area contributed by atoms with Crippen LogP contribution in [0, 0.1) is 0 Å². The first-order valence-corrected chi connectivity index (χ1v) is 10.6. The summed E-state index contributed by atoms with van der Waals surface area (Å²) < 4.78 is 31.0. The Kier molecular flexibility index (Phi) is 12.2. The van der Waals surface area contributed by atoms with Crippen LogP contribution in [0.4, 0.5) is 0 Å².